The number of halogens is 1. The Hall–Kier alpha value is -2.07. The third-order valence-electron chi connectivity index (χ3n) is 3.64. The van der Waals surface area contributed by atoms with E-state index in [9.17, 15) is 4.39 Å². The van der Waals surface area contributed by atoms with Crippen molar-refractivity contribution in [2.24, 2.45) is 5.73 Å². The number of benzene rings is 2. The average Bonchev–Trinajstić information content (AvgIpc) is 2.87. The van der Waals surface area contributed by atoms with Crippen molar-refractivity contribution in [3.63, 3.8) is 0 Å². The number of ether oxygens (including phenoxy) is 2. The smallest absolute Gasteiger partial charge is 0.137 e. The van der Waals surface area contributed by atoms with Gasteiger partial charge in [0.2, 0.25) is 0 Å². The quantitative estimate of drug-likeness (QED) is 0.940. The summed E-state index contributed by atoms with van der Waals surface area (Å²) in [7, 11) is 0. The summed E-state index contributed by atoms with van der Waals surface area (Å²) in [6, 6.07) is 10.9. The van der Waals surface area contributed by atoms with Crippen LogP contribution in [0.5, 0.6) is 11.5 Å². The molecule has 1 heterocycles. The fourth-order valence-corrected chi connectivity index (χ4v) is 2.51. The van der Waals surface area contributed by atoms with Crippen molar-refractivity contribution in [1.29, 1.82) is 0 Å². The van der Waals surface area contributed by atoms with Gasteiger partial charge in [0.1, 0.15) is 30.0 Å². The zero-order valence-electron chi connectivity index (χ0n) is 11.9. The first-order chi connectivity index (χ1) is 10.2. The minimum Gasteiger partial charge on any atom is -0.490 e. The minimum atomic E-state index is -0.332. The van der Waals surface area contributed by atoms with Crippen molar-refractivity contribution < 1.29 is 13.9 Å². The van der Waals surface area contributed by atoms with Gasteiger partial charge in [-0.3, -0.25) is 0 Å². The molecule has 0 radical (unpaired) electrons. The van der Waals surface area contributed by atoms with Gasteiger partial charge in [0.15, 0.2) is 0 Å². The van der Waals surface area contributed by atoms with Crippen molar-refractivity contribution in [2.45, 2.75) is 26.0 Å². The first-order valence-corrected chi connectivity index (χ1v) is 7.03. The lowest BCUT2D eigenvalue weighted by molar-refractivity contribution is 0.148. The van der Waals surface area contributed by atoms with Gasteiger partial charge in [-0.05, 0) is 24.6 Å². The van der Waals surface area contributed by atoms with Crippen LogP contribution in [0.2, 0.25) is 0 Å². The molecular formula is C17H18FNO2. The summed E-state index contributed by atoms with van der Waals surface area (Å²) in [5, 5.41) is 0. The molecule has 0 spiro atoms. The highest BCUT2D eigenvalue weighted by Crippen LogP contribution is 2.29. The van der Waals surface area contributed by atoms with Crippen LogP contribution < -0.4 is 15.2 Å². The Labute approximate surface area is 123 Å². The highest BCUT2D eigenvalue weighted by Gasteiger charge is 2.23. The average molecular weight is 287 g/mol. The second-order valence-electron chi connectivity index (χ2n) is 5.32. The van der Waals surface area contributed by atoms with Crippen LogP contribution in [0.3, 0.4) is 0 Å². The number of rotatable bonds is 4. The molecule has 2 aromatic rings. The molecule has 0 aromatic heterocycles. The summed E-state index contributed by atoms with van der Waals surface area (Å²) in [6.07, 6.45) is 0.791. The third-order valence-corrected chi connectivity index (χ3v) is 3.64. The molecule has 4 heteroatoms. The van der Waals surface area contributed by atoms with E-state index in [-0.39, 0.29) is 18.5 Å². The highest BCUT2D eigenvalue weighted by molar-refractivity contribution is 5.40. The van der Waals surface area contributed by atoms with Gasteiger partial charge in [-0.15, -0.1) is 0 Å². The summed E-state index contributed by atoms with van der Waals surface area (Å²) >= 11 is 0. The number of hydrogen-bond donors (Lipinski definition) is 1. The Balaban J connectivity index is 1.61. The van der Waals surface area contributed by atoms with E-state index in [1.165, 1.54) is 17.2 Å². The van der Waals surface area contributed by atoms with Crippen LogP contribution in [0.25, 0.3) is 0 Å². The fraction of sp³-hybridized carbons (Fsp3) is 0.294. The molecule has 0 saturated heterocycles. The van der Waals surface area contributed by atoms with Crippen molar-refractivity contribution in [3.05, 3.63) is 58.9 Å². The summed E-state index contributed by atoms with van der Waals surface area (Å²) < 4.78 is 25.1. The maximum absolute atomic E-state index is 13.6. The Morgan fingerprint density at radius 1 is 1.29 bits per heavy atom. The molecular weight excluding hydrogens is 269 g/mol. The minimum absolute atomic E-state index is 0.0287. The first kappa shape index (κ1) is 13.9. The second-order valence-corrected chi connectivity index (χ2v) is 5.32. The molecule has 1 aliphatic rings. The van der Waals surface area contributed by atoms with E-state index in [4.69, 9.17) is 15.2 Å². The van der Waals surface area contributed by atoms with E-state index in [0.717, 1.165) is 12.2 Å². The Morgan fingerprint density at radius 2 is 2.14 bits per heavy atom. The molecule has 0 aliphatic carbocycles. The van der Waals surface area contributed by atoms with E-state index in [1.807, 2.05) is 12.1 Å². The van der Waals surface area contributed by atoms with Crippen LogP contribution in [0.15, 0.2) is 36.4 Å². The lowest BCUT2D eigenvalue weighted by Crippen LogP contribution is -2.22. The van der Waals surface area contributed by atoms with Gasteiger partial charge in [0.25, 0.3) is 0 Å². The van der Waals surface area contributed by atoms with Crippen molar-refractivity contribution in [2.75, 3.05) is 6.61 Å². The standard InChI is InChI=1S/C17H18FNO2/c1-11-2-5-17-13(6-11)7-15(21-17)10-20-14-4-3-12(9-19)16(18)8-14/h2-6,8,15H,7,9-10,19H2,1H3. The van der Waals surface area contributed by atoms with E-state index >= 15 is 0 Å². The van der Waals surface area contributed by atoms with E-state index in [1.54, 1.807) is 12.1 Å². The molecule has 0 saturated carbocycles. The molecule has 21 heavy (non-hydrogen) atoms. The number of fused-ring (bicyclic) bond motifs is 1. The molecule has 110 valence electrons. The molecule has 2 N–H and O–H groups in total. The molecule has 1 atom stereocenters. The molecule has 0 bridgehead atoms. The van der Waals surface area contributed by atoms with Crippen molar-refractivity contribution in [1.82, 2.24) is 0 Å². The largest absolute Gasteiger partial charge is 0.490 e. The van der Waals surface area contributed by atoms with E-state index < -0.39 is 0 Å². The van der Waals surface area contributed by atoms with Crippen molar-refractivity contribution >= 4 is 0 Å². The zero-order valence-corrected chi connectivity index (χ0v) is 11.9. The van der Waals surface area contributed by atoms with Crippen LogP contribution in [-0.4, -0.2) is 12.7 Å². The van der Waals surface area contributed by atoms with Crippen LogP contribution in [-0.2, 0) is 13.0 Å². The molecule has 1 aliphatic heterocycles. The summed E-state index contributed by atoms with van der Waals surface area (Å²) in [5.74, 6) is 1.08. The number of nitrogens with two attached hydrogens (primary N) is 1. The fourth-order valence-electron chi connectivity index (χ4n) is 2.51. The summed E-state index contributed by atoms with van der Waals surface area (Å²) in [6.45, 7) is 2.65. The van der Waals surface area contributed by atoms with Crippen LogP contribution in [0.1, 0.15) is 16.7 Å². The lowest BCUT2D eigenvalue weighted by atomic mass is 10.1. The second kappa shape index (κ2) is 5.74. The monoisotopic (exact) mass is 287 g/mol. The number of hydrogen-bond acceptors (Lipinski definition) is 3. The molecule has 0 fully saturated rings. The van der Waals surface area contributed by atoms with Crippen molar-refractivity contribution in [3.8, 4) is 11.5 Å². The van der Waals surface area contributed by atoms with Crippen LogP contribution in [0, 0.1) is 12.7 Å². The first-order valence-electron chi connectivity index (χ1n) is 7.03. The van der Waals surface area contributed by atoms with E-state index in [2.05, 4.69) is 13.0 Å². The normalized spacial score (nSPS) is 16.4. The van der Waals surface area contributed by atoms with E-state index in [0.29, 0.717) is 17.9 Å². The summed E-state index contributed by atoms with van der Waals surface area (Å²) in [5.41, 5.74) is 8.35. The predicted octanol–water partition coefficient (Wildman–Crippen LogP) is 2.98. The zero-order chi connectivity index (χ0) is 14.8. The van der Waals surface area contributed by atoms with Crippen LogP contribution >= 0.6 is 0 Å². The molecule has 1 unspecified atom stereocenters. The van der Waals surface area contributed by atoms with Gasteiger partial charge in [-0.2, -0.15) is 0 Å². The van der Waals surface area contributed by atoms with Gasteiger partial charge in [-0.25, -0.2) is 4.39 Å². The molecule has 3 nitrogen and oxygen atoms in total. The Morgan fingerprint density at radius 3 is 2.90 bits per heavy atom. The van der Waals surface area contributed by atoms with Crippen LogP contribution in [0.4, 0.5) is 4.39 Å². The van der Waals surface area contributed by atoms with Gasteiger partial charge in [0.05, 0.1) is 0 Å². The Bertz CT molecular complexity index is 657. The summed E-state index contributed by atoms with van der Waals surface area (Å²) in [4.78, 5) is 0. The topological polar surface area (TPSA) is 44.5 Å². The molecule has 3 rings (SSSR count). The Kier molecular flexibility index (Phi) is 3.80. The lowest BCUT2D eigenvalue weighted by Gasteiger charge is -2.13. The van der Waals surface area contributed by atoms with Gasteiger partial charge >= 0.3 is 0 Å². The van der Waals surface area contributed by atoms with Gasteiger partial charge < -0.3 is 15.2 Å². The molecule has 2 aromatic carbocycles. The maximum atomic E-state index is 13.6. The van der Waals surface area contributed by atoms with Gasteiger partial charge in [0, 0.05) is 24.6 Å². The predicted molar refractivity (Wildman–Crippen MR) is 79.1 cm³/mol. The molecule has 0 amide bonds. The maximum Gasteiger partial charge on any atom is 0.137 e. The van der Waals surface area contributed by atoms with Gasteiger partial charge in [-0.1, -0.05) is 23.8 Å². The SMILES string of the molecule is Cc1ccc2c(c1)CC(COc1ccc(CN)c(F)c1)O2. The highest BCUT2D eigenvalue weighted by atomic mass is 19.1. The third kappa shape index (κ3) is 3.00. The number of aryl methyl sites for hydroxylation is 1.